The van der Waals surface area contributed by atoms with E-state index in [1.165, 1.54) is 0 Å². The molecule has 1 atom stereocenters. The Kier molecular flexibility index (Phi) is 9.33. The molecule has 0 aliphatic carbocycles. The molecular weight excluding hydrogens is 454 g/mol. The average molecular weight is 494 g/mol. The maximum absolute atomic E-state index is 13.5. The van der Waals surface area contributed by atoms with E-state index in [9.17, 15) is 9.59 Å². The molecule has 3 rings (SSSR count). The van der Waals surface area contributed by atoms with E-state index in [0.29, 0.717) is 36.4 Å². The van der Waals surface area contributed by atoms with Gasteiger partial charge in [0.25, 0.3) is 5.91 Å². The third-order valence-electron chi connectivity index (χ3n) is 6.47. The van der Waals surface area contributed by atoms with E-state index in [1.807, 2.05) is 36.4 Å². The van der Waals surface area contributed by atoms with Crippen molar-refractivity contribution in [3.05, 3.63) is 59.7 Å². The smallest absolute Gasteiger partial charge is 0.319 e. The summed E-state index contributed by atoms with van der Waals surface area (Å²) in [4.78, 5) is 32.0. The molecule has 2 aromatic carbocycles. The molecule has 1 aliphatic heterocycles. The summed E-state index contributed by atoms with van der Waals surface area (Å²) in [6, 6.07) is 14.7. The number of methoxy groups -OCH3 is 1. The first kappa shape index (κ1) is 27.0. The highest BCUT2D eigenvalue weighted by molar-refractivity contribution is 6.06. The van der Waals surface area contributed by atoms with Gasteiger partial charge in [-0.2, -0.15) is 0 Å². The molecule has 1 aliphatic rings. The van der Waals surface area contributed by atoms with Crippen molar-refractivity contribution in [2.75, 3.05) is 12.4 Å². The number of nitrogens with zero attached hydrogens (tertiary/aromatic N) is 2. The lowest BCUT2D eigenvalue weighted by molar-refractivity contribution is -0.132. The Bertz CT molecular complexity index is 1070. The summed E-state index contributed by atoms with van der Waals surface area (Å²) in [5.41, 5.74) is 8.08. The molecule has 36 heavy (non-hydrogen) atoms. The number of hydrogen-bond donors (Lipinski definition) is 3. The van der Waals surface area contributed by atoms with Crippen LogP contribution in [0, 0.1) is 5.92 Å². The lowest BCUT2D eigenvalue weighted by Crippen LogP contribution is -2.44. The summed E-state index contributed by atoms with van der Waals surface area (Å²) >= 11 is 0. The van der Waals surface area contributed by atoms with Gasteiger partial charge in [-0.3, -0.25) is 9.69 Å². The minimum Gasteiger partial charge on any atom is -0.497 e. The number of nitrogens with one attached hydrogen (secondary N) is 2. The normalized spacial score (nSPS) is 17.3. The second-order valence-electron chi connectivity index (χ2n) is 9.79. The number of rotatable bonds is 12. The fraction of sp³-hybridized carbons (Fsp3) is 0.464. The van der Waals surface area contributed by atoms with Gasteiger partial charge in [0, 0.05) is 18.3 Å². The monoisotopic (exact) mass is 493 g/mol. The van der Waals surface area contributed by atoms with Gasteiger partial charge in [0.15, 0.2) is 5.96 Å². The van der Waals surface area contributed by atoms with E-state index in [4.69, 9.17) is 15.5 Å². The molecule has 0 saturated carbocycles. The summed E-state index contributed by atoms with van der Waals surface area (Å²) in [6.45, 7) is 7.21. The van der Waals surface area contributed by atoms with Crippen LogP contribution in [0.2, 0.25) is 0 Å². The molecule has 0 saturated heterocycles. The number of carbonyl (C=O) groups excluding carboxylic acids is 2. The molecule has 0 radical (unpaired) electrons. The van der Waals surface area contributed by atoms with E-state index < -0.39 is 5.54 Å². The van der Waals surface area contributed by atoms with Crippen LogP contribution in [-0.2, 0) is 17.9 Å². The van der Waals surface area contributed by atoms with Crippen LogP contribution in [0.4, 0.5) is 10.5 Å². The predicted molar refractivity (Wildman–Crippen MR) is 144 cm³/mol. The summed E-state index contributed by atoms with van der Waals surface area (Å²) in [5.74, 6) is 1.49. The fourth-order valence-electron chi connectivity index (χ4n) is 4.29. The lowest BCUT2D eigenvalue weighted by atomic mass is 9.85. The molecule has 0 aromatic heterocycles. The SMILES string of the molecule is CCCCC1(CCC(C)C)N=C(N)N(Cc2ccc(CNC(=O)Nc3cccc(OC)c3)cc2)C1=O. The van der Waals surface area contributed by atoms with Crippen LogP contribution < -0.4 is 21.1 Å². The van der Waals surface area contributed by atoms with E-state index in [1.54, 1.807) is 24.1 Å². The van der Waals surface area contributed by atoms with Gasteiger partial charge in [-0.1, -0.05) is 63.9 Å². The number of amides is 3. The van der Waals surface area contributed by atoms with Gasteiger partial charge in [-0.05, 0) is 48.4 Å². The second-order valence-corrected chi connectivity index (χ2v) is 9.79. The van der Waals surface area contributed by atoms with Gasteiger partial charge in [0.2, 0.25) is 0 Å². The van der Waals surface area contributed by atoms with Crippen molar-refractivity contribution in [2.24, 2.45) is 16.6 Å². The minimum absolute atomic E-state index is 0.00839. The lowest BCUT2D eigenvalue weighted by Gasteiger charge is -2.27. The summed E-state index contributed by atoms with van der Waals surface area (Å²) < 4.78 is 5.18. The van der Waals surface area contributed by atoms with Crippen molar-refractivity contribution in [1.29, 1.82) is 0 Å². The Morgan fingerprint density at radius 2 is 1.86 bits per heavy atom. The number of anilines is 1. The Labute approximate surface area is 214 Å². The Hall–Kier alpha value is -3.55. The maximum Gasteiger partial charge on any atom is 0.319 e. The molecule has 1 unspecified atom stereocenters. The van der Waals surface area contributed by atoms with Gasteiger partial charge >= 0.3 is 6.03 Å². The zero-order valence-electron chi connectivity index (χ0n) is 21.8. The summed E-state index contributed by atoms with van der Waals surface area (Å²) in [6.07, 6.45) is 4.35. The van der Waals surface area contributed by atoms with Crippen LogP contribution in [-0.4, -0.2) is 35.4 Å². The summed E-state index contributed by atoms with van der Waals surface area (Å²) in [7, 11) is 1.58. The number of unbranched alkanes of at least 4 members (excludes halogenated alkanes) is 1. The van der Waals surface area contributed by atoms with Crippen LogP contribution in [0.25, 0.3) is 0 Å². The van der Waals surface area contributed by atoms with Crippen LogP contribution >= 0.6 is 0 Å². The van der Waals surface area contributed by atoms with Crippen molar-refractivity contribution in [3.63, 3.8) is 0 Å². The Morgan fingerprint density at radius 3 is 2.53 bits per heavy atom. The van der Waals surface area contributed by atoms with E-state index in [-0.39, 0.29) is 11.9 Å². The van der Waals surface area contributed by atoms with Gasteiger partial charge in [0.1, 0.15) is 11.3 Å². The number of aliphatic imine (C=N–C) groups is 1. The van der Waals surface area contributed by atoms with E-state index >= 15 is 0 Å². The van der Waals surface area contributed by atoms with Gasteiger partial charge in [-0.25, -0.2) is 9.79 Å². The molecule has 1 heterocycles. The largest absolute Gasteiger partial charge is 0.497 e. The minimum atomic E-state index is -0.732. The van der Waals surface area contributed by atoms with E-state index in [2.05, 4.69) is 31.4 Å². The molecule has 194 valence electrons. The number of hydrogen-bond acceptors (Lipinski definition) is 5. The number of nitrogens with two attached hydrogens (primary N) is 1. The van der Waals surface area contributed by atoms with E-state index in [0.717, 1.165) is 43.2 Å². The molecular formula is C28H39N5O3. The number of carbonyl (C=O) groups is 2. The molecule has 2 aromatic rings. The highest BCUT2D eigenvalue weighted by Crippen LogP contribution is 2.34. The van der Waals surface area contributed by atoms with Crippen molar-refractivity contribution in [2.45, 2.75) is 71.5 Å². The molecule has 0 spiro atoms. The summed E-state index contributed by atoms with van der Waals surface area (Å²) in [5, 5.41) is 5.64. The first-order chi connectivity index (χ1) is 17.3. The van der Waals surface area contributed by atoms with Crippen LogP contribution in [0.15, 0.2) is 53.5 Å². The molecule has 8 nitrogen and oxygen atoms in total. The predicted octanol–water partition coefficient (Wildman–Crippen LogP) is 5.04. The molecule has 4 N–H and O–H groups in total. The van der Waals surface area contributed by atoms with Crippen LogP contribution in [0.3, 0.4) is 0 Å². The van der Waals surface area contributed by atoms with Gasteiger partial charge in [0.05, 0.1) is 13.7 Å². The molecule has 0 bridgehead atoms. The quantitative estimate of drug-likeness (QED) is 0.385. The number of urea groups is 1. The third-order valence-corrected chi connectivity index (χ3v) is 6.47. The third kappa shape index (κ3) is 6.99. The molecule has 0 fully saturated rings. The van der Waals surface area contributed by atoms with Crippen molar-refractivity contribution in [1.82, 2.24) is 10.2 Å². The van der Waals surface area contributed by atoms with Crippen molar-refractivity contribution in [3.8, 4) is 5.75 Å². The first-order valence-electron chi connectivity index (χ1n) is 12.7. The molecule has 8 heteroatoms. The maximum atomic E-state index is 13.5. The van der Waals surface area contributed by atoms with Crippen LogP contribution in [0.5, 0.6) is 5.75 Å². The van der Waals surface area contributed by atoms with Gasteiger partial charge in [-0.15, -0.1) is 0 Å². The first-order valence-corrected chi connectivity index (χ1v) is 12.7. The zero-order valence-corrected chi connectivity index (χ0v) is 21.8. The Balaban J connectivity index is 1.57. The Morgan fingerprint density at radius 1 is 1.14 bits per heavy atom. The van der Waals surface area contributed by atoms with Crippen molar-refractivity contribution >= 4 is 23.6 Å². The van der Waals surface area contributed by atoms with Crippen LogP contribution in [0.1, 0.15) is 64.0 Å². The zero-order chi connectivity index (χ0) is 26.1. The fourth-order valence-corrected chi connectivity index (χ4v) is 4.29. The topological polar surface area (TPSA) is 109 Å². The number of benzene rings is 2. The average Bonchev–Trinajstić information content (AvgIpc) is 3.10. The van der Waals surface area contributed by atoms with Gasteiger partial charge < -0.3 is 21.1 Å². The standard InChI is InChI=1S/C28H39N5O3/c1-5-6-15-28(16-14-20(2)3)25(34)33(26(29)32-28)19-22-12-10-21(11-13-22)18-30-27(35)31-23-8-7-9-24(17-23)36-4/h7-13,17,20H,5-6,14-16,18-19H2,1-4H3,(H2,29,32)(H2,30,31,35). The molecule has 3 amide bonds. The highest BCUT2D eigenvalue weighted by atomic mass is 16.5. The number of ether oxygens (including phenoxy) is 1. The van der Waals surface area contributed by atoms with Crippen molar-refractivity contribution < 1.29 is 14.3 Å². The highest BCUT2D eigenvalue weighted by Gasteiger charge is 2.46. The number of guanidine groups is 1. The second kappa shape index (κ2) is 12.4.